The minimum absolute atomic E-state index is 0.0692. The van der Waals surface area contributed by atoms with Crippen LogP contribution in [0.3, 0.4) is 0 Å². The number of nitrogens with one attached hydrogen (secondary N) is 1. The van der Waals surface area contributed by atoms with E-state index in [1.54, 1.807) is 33.3 Å². The smallest absolute Gasteiger partial charge is 0.262 e. The summed E-state index contributed by atoms with van der Waals surface area (Å²) in [6.45, 7) is 3.14. The Balaban J connectivity index is 1.29. The second kappa shape index (κ2) is 8.30. The standard InChI is InChI=1S/C24H24N6O2/c1-17-20(19-7-2-3-8-22(19)26-17)14-23(31)29-11-5-12-30(29)24(32)16-28-13-9-21(27-28)18-6-4-10-25-15-18/h2-4,6-10,13,15,26H,5,11-12,14,16H2,1H3. The molecule has 0 unspecified atom stereocenters. The molecule has 4 heterocycles. The molecule has 32 heavy (non-hydrogen) atoms. The fraction of sp³-hybridized carbons (Fsp3) is 0.250. The maximum absolute atomic E-state index is 13.2. The van der Waals surface area contributed by atoms with Crippen LogP contribution in [0.1, 0.15) is 17.7 Å². The Hall–Kier alpha value is -3.94. The molecule has 1 aliphatic rings. The number of fused-ring (bicyclic) bond motifs is 1. The number of amides is 2. The average molecular weight is 428 g/mol. The van der Waals surface area contributed by atoms with Crippen LogP contribution in [0.4, 0.5) is 0 Å². The molecule has 8 nitrogen and oxygen atoms in total. The van der Waals surface area contributed by atoms with Gasteiger partial charge in [0, 0.05) is 53.8 Å². The summed E-state index contributed by atoms with van der Waals surface area (Å²) in [4.78, 5) is 33.6. The number of para-hydroxylation sites is 1. The summed E-state index contributed by atoms with van der Waals surface area (Å²) < 4.78 is 1.61. The van der Waals surface area contributed by atoms with Crippen LogP contribution >= 0.6 is 0 Å². The van der Waals surface area contributed by atoms with Crippen LogP contribution in [0.15, 0.2) is 61.1 Å². The van der Waals surface area contributed by atoms with Crippen LogP contribution in [-0.2, 0) is 22.6 Å². The Morgan fingerprint density at radius 3 is 2.66 bits per heavy atom. The fourth-order valence-electron chi connectivity index (χ4n) is 4.27. The lowest BCUT2D eigenvalue weighted by molar-refractivity contribution is -0.157. The van der Waals surface area contributed by atoms with Crippen molar-refractivity contribution in [3.8, 4) is 11.3 Å². The molecule has 0 aliphatic carbocycles. The molecule has 162 valence electrons. The third kappa shape index (κ3) is 3.75. The van der Waals surface area contributed by atoms with Crippen molar-refractivity contribution in [3.63, 3.8) is 0 Å². The van der Waals surface area contributed by atoms with Gasteiger partial charge in [0.05, 0.1) is 12.1 Å². The molecule has 5 rings (SSSR count). The van der Waals surface area contributed by atoms with Gasteiger partial charge >= 0.3 is 0 Å². The number of benzene rings is 1. The Morgan fingerprint density at radius 1 is 1.03 bits per heavy atom. The predicted octanol–water partition coefficient (Wildman–Crippen LogP) is 2.95. The first kappa shape index (κ1) is 20.0. The zero-order valence-electron chi connectivity index (χ0n) is 17.9. The first-order valence-electron chi connectivity index (χ1n) is 10.7. The molecule has 3 aromatic heterocycles. The maximum Gasteiger partial charge on any atom is 0.262 e. The molecule has 0 spiro atoms. The molecule has 4 aromatic rings. The van der Waals surface area contributed by atoms with Crippen molar-refractivity contribution in [3.05, 3.63) is 72.3 Å². The fourth-order valence-corrected chi connectivity index (χ4v) is 4.27. The monoisotopic (exact) mass is 428 g/mol. The van der Waals surface area contributed by atoms with Gasteiger partial charge in [-0.25, -0.2) is 5.01 Å². The normalized spacial score (nSPS) is 13.8. The lowest BCUT2D eigenvalue weighted by atomic mass is 10.1. The van der Waals surface area contributed by atoms with Gasteiger partial charge < -0.3 is 4.98 Å². The van der Waals surface area contributed by atoms with Crippen LogP contribution in [0.5, 0.6) is 0 Å². The van der Waals surface area contributed by atoms with Gasteiger partial charge in [-0.3, -0.25) is 24.3 Å². The first-order valence-corrected chi connectivity index (χ1v) is 10.7. The Labute approximate surface area is 185 Å². The summed E-state index contributed by atoms with van der Waals surface area (Å²) in [5, 5.41) is 8.70. The minimum Gasteiger partial charge on any atom is -0.358 e. The van der Waals surface area contributed by atoms with Crippen LogP contribution in [0.25, 0.3) is 22.2 Å². The Morgan fingerprint density at radius 2 is 1.84 bits per heavy atom. The number of hydrogen-bond donors (Lipinski definition) is 1. The zero-order chi connectivity index (χ0) is 22.1. The predicted molar refractivity (Wildman–Crippen MR) is 120 cm³/mol. The average Bonchev–Trinajstić information content (AvgIpc) is 3.54. The molecular formula is C24H24N6O2. The van der Waals surface area contributed by atoms with Gasteiger partial charge in [0.1, 0.15) is 6.54 Å². The van der Waals surface area contributed by atoms with E-state index in [2.05, 4.69) is 15.1 Å². The van der Waals surface area contributed by atoms with Gasteiger partial charge in [-0.05, 0) is 43.2 Å². The number of hydrogen-bond acceptors (Lipinski definition) is 4. The van der Waals surface area contributed by atoms with E-state index in [1.807, 2.05) is 49.4 Å². The SMILES string of the molecule is Cc1[nH]c2ccccc2c1CC(=O)N1CCCN1C(=O)Cn1ccc(-c2cccnc2)n1. The quantitative estimate of drug-likeness (QED) is 0.529. The highest BCUT2D eigenvalue weighted by Gasteiger charge is 2.31. The van der Waals surface area contributed by atoms with Gasteiger partial charge in [0.2, 0.25) is 5.91 Å². The van der Waals surface area contributed by atoms with E-state index in [4.69, 9.17) is 0 Å². The molecule has 1 fully saturated rings. The first-order chi connectivity index (χ1) is 15.6. The molecule has 1 aliphatic heterocycles. The Bertz CT molecular complexity index is 1280. The van der Waals surface area contributed by atoms with Crippen LogP contribution in [-0.4, -0.2) is 54.7 Å². The molecule has 1 N–H and O–H groups in total. The number of nitrogens with zero attached hydrogens (tertiary/aromatic N) is 5. The third-order valence-corrected chi connectivity index (χ3v) is 5.86. The van der Waals surface area contributed by atoms with Crippen molar-refractivity contribution in [1.82, 2.24) is 29.8 Å². The second-order valence-electron chi connectivity index (χ2n) is 7.98. The molecular weight excluding hydrogens is 404 g/mol. The molecule has 0 saturated carbocycles. The number of carbonyl (C=O) groups is 2. The number of hydrazine groups is 1. The highest BCUT2D eigenvalue weighted by Crippen LogP contribution is 2.24. The van der Waals surface area contributed by atoms with E-state index in [0.717, 1.165) is 39.8 Å². The van der Waals surface area contributed by atoms with Gasteiger partial charge in [0.15, 0.2) is 0 Å². The third-order valence-electron chi connectivity index (χ3n) is 5.86. The van der Waals surface area contributed by atoms with E-state index < -0.39 is 0 Å². The summed E-state index contributed by atoms with van der Waals surface area (Å²) in [6.07, 6.45) is 6.25. The van der Waals surface area contributed by atoms with Crippen molar-refractivity contribution >= 4 is 22.7 Å². The number of H-pyrrole nitrogens is 1. The number of aromatic nitrogens is 4. The van der Waals surface area contributed by atoms with Crippen molar-refractivity contribution in [2.75, 3.05) is 13.1 Å². The molecule has 0 radical (unpaired) electrons. The van der Waals surface area contributed by atoms with Gasteiger partial charge in [0.25, 0.3) is 5.91 Å². The summed E-state index contributed by atoms with van der Waals surface area (Å²) in [6, 6.07) is 13.6. The van der Waals surface area contributed by atoms with Crippen LogP contribution in [0, 0.1) is 6.92 Å². The maximum atomic E-state index is 13.2. The molecule has 0 bridgehead atoms. The van der Waals surface area contributed by atoms with E-state index in [9.17, 15) is 9.59 Å². The van der Waals surface area contributed by atoms with E-state index in [-0.39, 0.29) is 24.8 Å². The van der Waals surface area contributed by atoms with Crippen molar-refractivity contribution in [2.24, 2.45) is 0 Å². The summed E-state index contributed by atoms with van der Waals surface area (Å²) in [7, 11) is 0. The molecule has 8 heteroatoms. The lowest BCUT2D eigenvalue weighted by Crippen LogP contribution is -2.46. The summed E-state index contributed by atoms with van der Waals surface area (Å²) >= 11 is 0. The highest BCUT2D eigenvalue weighted by molar-refractivity contribution is 5.91. The zero-order valence-corrected chi connectivity index (χ0v) is 17.9. The number of rotatable bonds is 5. The second-order valence-corrected chi connectivity index (χ2v) is 7.98. The topological polar surface area (TPSA) is 87.1 Å². The van der Waals surface area contributed by atoms with Gasteiger partial charge in [-0.2, -0.15) is 5.10 Å². The van der Waals surface area contributed by atoms with Crippen molar-refractivity contribution in [2.45, 2.75) is 26.3 Å². The van der Waals surface area contributed by atoms with E-state index >= 15 is 0 Å². The minimum atomic E-state index is -0.146. The lowest BCUT2D eigenvalue weighted by Gasteiger charge is -2.28. The number of carbonyl (C=O) groups excluding carboxylic acids is 2. The largest absolute Gasteiger partial charge is 0.358 e. The van der Waals surface area contributed by atoms with Crippen LogP contribution < -0.4 is 0 Å². The number of aryl methyl sites for hydroxylation is 1. The summed E-state index contributed by atoms with van der Waals surface area (Å²) in [5.41, 5.74) is 4.64. The number of pyridine rings is 1. The van der Waals surface area contributed by atoms with Gasteiger partial charge in [-0.15, -0.1) is 0 Å². The molecule has 1 aromatic carbocycles. The number of aromatic amines is 1. The van der Waals surface area contributed by atoms with Gasteiger partial charge in [-0.1, -0.05) is 18.2 Å². The summed E-state index contributed by atoms with van der Waals surface area (Å²) in [5.74, 6) is -0.215. The Kier molecular flexibility index (Phi) is 5.18. The van der Waals surface area contributed by atoms with Crippen molar-refractivity contribution in [1.29, 1.82) is 0 Å². The molecule has 0 atom stereocenters. The van der Waals surface area contributed by atoms with E-state index in [0.29, 0.717) is 13.1 Å². The van der Waals surface area contributed by atoms with E-state index in [1.165, 1.54) is 0 Å². The molecule has 1 saturated heterocycles. The highest BCUT2D eigenvalue weighted by atomic mass is 16.2. The van der Waals surface area contributed by atoms with Crippen LogP contribution in [0.2, 0.25) is 0 Å². The van der Waals surface area contributed by atoms with Crippen molar-refractivity contribution < 1.29 is 9.59 Å². The molecule has 2 amide bonds.